The Morgan fingerprint density at radius 1 is 1.22 bits per heavy atom. The van der Waals surface area contributed by atoms with E-state index >= 15 is 0 Å². The van der Waals surface area contributed by atoms with Gasteiger partial charge in [0.1, 0.15) is 6.10 Å². The van der Waals surface area contributed by atoms with E-state index in [4.69, 9.17) is 4.74 Å². The summed E-state index contributed by atoms with van der Waals surface area (Å²) >= 11 is 0. The zero-order valence-corrected chi connectivity index (χ0v) is 10.6. The van der Waals surface area contributed by atoms with Crippen LogP contribution in [0.5, 0.6) is 0 Å². The number of rotatable bonds is 1. The summed E-state index contributed by atoms with van der Waals surface area (Å²) < 4.78 is 5.46. The van der Waals surface area contributed by atoms with Crippen molar-refractivity contribution < 1.29 is 14.3 Å². The molecule has 2 aliphatic heterocycles. The first-order valence-electron chi connectivity index (χ1n) is 6.97. The molecule has 3 atom stereocenters. The third-order valence-corrected chi connectivity index (χ3v) is 4.28. The highest BCUT2D eigenvalue weighted by molar-refractivity contribution is 5.88. The van der Waals surface area contributed by atoms with E-state index in [1.165, 1.54) is 0 Å². The Labute approximate surface area is 107 Å². The maximum absolute atomic E-state index is 12.4. The first-order chi connectivity index (χ1) is 8.75. The maximum atomic E-state index is 12.4. The predicted molar refractivity (Wildman–Crippen MR) is 64.9 cm³/mol. The molecule has 5 nitrogen and oxygen atoms in total. The van der Waals surface area contributed by atoms with E-state index in [2.05, 4.69) is 5.32 Å². The zero-order chi connectivity index (χ0) is 12.5. The van der Waals surface area contributed by atoms with E-state index in [0.29, 0.717) is 6.61 Å². The summed E-state index contributed by atoms with van der Waals surface area (Å²) in [5.41, 5.74) is 0. The molecular formula is C13H20N2O3. The van der Waals surface area contributed by atoms with Crippen LogP contribution in [0, 0.1) is 0 Å². The summed E-state index contributed by atoms with van der Waals surface area (Å²) in [6.45, 7) is 0.879. The Balaban J connectivity index is 1.75. The Morgan fingerprint density at radius 2 is 2.06 bits per heavy atom. The van der Waals surface area contributed by atoms with Gasteiger partial charge in [-0.2, -0.15) is 0 Å². The number of hydrogen-bond donors (Lipinski definition) is 1. The van der Waals surface area contributed by atoms with Crippen molar-refractivity contribution in [2.45, 2.75) is 56.7 Å². The molecule has 0 aromatic carbocycles. The first-order valence-corrected chi connectivity index (χ1v) is 6.97. The topological polar surface area (TPSA) is 58.6 Å². The van der Waals surface area contributed by atoms with Crippen molar-refractivity contribution >= 4 is 11.8 Å². The molecule has 100 valence electrons. The molecule has 1 aliphatic carbocycles. The van der Waals surface area contributed by atoms with Crippen LogP contribution in [0.4, 0.5) is 0 Å². The molecule has 5 heteroatoms. The lowest BCUT2D eigenvalue weighted by atomic mass is 9.87. The third-order valence-electron chi connectivity index (χ3n) is 4.28. The summed E-state index contributed by atoms with van der Waals surface area (Å²) in [4.78, 5) is 25.9. The lowest BCUT2D eigenvalue weighted by molar-refractivity contribution is -0.151. The average Bonchev–Trinajstić information content (AvgIpc) is 2.90. The number of nitrogens with one attached hydrogen (secondary N) is 1. The van der Waals surface area contributed by atoms with Crippen molar-refractivity contribution in [3.8, 4) is 0 Å². The zero-order valence-electron chi connectivity index (χ0n) is 10.6. The number of nitrogens with zero attached hydrogens (tertiary/aromatic N) is 1. The van der Waals surface area contributed by atoms with Gasteiger partial charge in [-0.05, 0) is 25.7 Å². The smallest absolute Gasteiger partial charge is 0.252 e. The summed E-state index contributed by atoms with van der Waals surface area (Å²) in [6.07, 6.45) is 5.72. The van der Waals surface area contributed by atoms with Gasteiger partial charge in [-0.15, -0.1) is 0 Å². The van der Waals surface area contributed by atoms with Crippen LogP contribution in [-0.2, 0) is 14.3 Å². The van der Waals surface area contributed by atoms with Crippen LogP contribution in [0.3, 0.4) is 0 Å². The van der Waals surface area contributed by atoms with Crippen molar-refractivity contribution in [1.82, 2.24) is 10.2 Å². The SMILES string of the molecule is O=C1CN(C(=O)[C@H]2CCCO2)C2CCCCC2N1. The molecule has 0 bridgehead atoms. The van der Waals surface area contributed by atoms with E-state index in [-0.39, 0.29) is 36.5 Å². The number of fused-ring (bicyclic) bond motifs is 1. The van der Waals surface area contributed by atoms with Gasteiger partial charge in [0.2, 0.25) is 5.91 Å². The third kappa shape index (κ3) is 2.11. The highest BCUT2D eigenvalue weighted by Crippen LogP contribution is 2.27. The van der Waals surface area contributed by atoms with Crippen molar-refractivity contribution in [3.63, 3.8) is 0 Å². The van der Waals surface area contributed by atoms with Crippen molar-refractivity contribution in [3.05, 3.63) is 0 Å². The number of hydrogen-bond acceptors (Lipinski definition) is 3. The molecule has 2 saturated heterocycles. The number of amides is 2. The predicted octanol–water partition coefficient (Wildman–Crippen LogP) is 0.435. The highest BCUT2D eigenvalue weighted by Gasteiger charge is 2.41. The molecule has 3 rings (SSSR count). The molecule has 18 heavy (non-hydrogen) atoms. The molecule has 1 saturated carbocycles. The average molecular weight is 252 g/mol. The normalized spacial score (nSPS) is 36.1. The number of piperazine rings is 1. The molecule has 2 unspecified atom stereocenters. The highest BCUT2D eigenvalue weighted by atomic mass is 16.5. The first kappa shape index (κ1) is 12.0. The molecule has 0 aromatic rings. The molecule has 2 amide bonds. The van der Waals surface area contributed by atoms with Crippen LogP contribution in [0.25, 0.3) is 0 Å². The maximum Gasteiger partial charge on any atom is 0.252 e. The van der Waals surface area contributed by atoms with Gasteiger partial charge in [0.05, 0.1) is 12.6 Å². The molecule has 3 aliphatic rings. The van der Waals surface area contributed by atoms with E-state index in [9.17, 15) is 9.59 Å². The summed E-state index contributed by atoms with van der Waals surface area (Å²) in [7, 11) is 0. The molecule has 0 radical (unpaired) electrons. The fraction of sp³-hybridized carbons (Fsp3) is 0.846. The largest absolute Gasteiger partial charge is 0.368 e. The molecule has 0 spiro atoms. The van der Waals surface area contributed by atoms with Crippen molar-refractivity contribution in [2.24, 2.45) is 0 Å². The van der Waals surface area contributed by atoms with Crippen LogP contribution >= 0.6 is 0 Å². The van der Waals surface area contributed by atoms with Gasteiger partial charge in [0.15, 0.2) is 0 Å². The van der Waals surface area contributed by atoms with E-state index in [0.717, 1.165) is 38.5 Å². The number of carbonyl (C=O) groups excluding carboxylic acids is 2. The summed E-state index contributed by atoms with van der Waals surface area (Å²) in [6, 6.07) is 0.346. The standard InChI is InChI=1S/C13H20N2O3/c16-12-8-15(13(17)11-6-3-7-18-11)10-5-2-1-4-9(10)14-12/h9-11H,1-8H2,(H,14,16)/t9?,10?,11-/m1/s1. The number of carbonyl (C=O) groups is 2. The van der Waals surface area contributed by atoms with Crippen molar-refractivity contribution in [2.75, 3.05) is 13.2 Å². The van der Waals surface area contributed by atoms with Gasteiger partial charge < -0.3 is 15.0 Å². The molecular weight excluding hydrogens is 232 g/mol. The minimum Gasteiger partial charge on any atom is -0.368 e. The molecule has 1 N–H and O–H groups in total. The number of ether oxygens (including phenoxy) is 1. The van der Waals surface area contributed by atoms with Gasteiger partial charge in [-0.25, -0.2) is 0 Å². The van der Waals surface area contributed by atoms with Crippen LogP contribution in [0.15, 0.2) is 0 Å². The molecule has 2 heterocycles. The van der Waals surface area contributed by atoms with Crippen LogP contribution in [-0.4, -0.2) is 48.1 Å². The van der Waals surface area contributed by atoms with Gasteiger partial charge in [0.25, 0.3) is 5.91 Å². The Morgan fingerprint density at radius 3 is 2.83 bits per heavy atom. The minimum atomic E-state index is -0.307. The monoisotopic (exact) mass is 252 g/mol. The second-order valence-corrected chi connectivity index (χ2v) is 5.49. The fourth-order valence-electron chi connectivity index (χ4n) is 3.38. The summed E-state index contributed by atoms with van der Waals surface area (Å²) in [5, 5.41) is 3.02. The van der Waals surface area contributed by atoms with Crippen LogP contribution in [0.2, 0.25) is 0 Å². The Bertz CT molecular complexity index is 352. The van der Waals surface area contributed by atoms with Gasteiger partial charge >= 0.3 is 0 Å². The van der Waals surface area contributed by atoms with Crippen LogP contribution < -0.4 is 5.32 Å². The lowest BCUT2D eigenvalue weighted by Crippen LogP contribution is -2.64. The van der Waals surface area contributed by atoms with Gasteiger partial charge in [-0.3, -0.25) is 9.59 Å². The van der Waals surface area contributed by atoms with Crippen molar-refractivity contribution in [1.29, 1.82) is 0 Å². The fourth-order valence-corrected chi connectivity index (χ4v) is 3.38. The van der Waals surface area contributed by atoms with E-state index in [1.807, 2.05) is 0 Å². The lowest BCUT2D eigenvalue weighted by Gasteiger charge is -2.44. The second-order valence-electron chi connectivity index (χ2n) is 5.49. The van der Waals surface area contributed by atoms with Gasteiger partial charge in [0, 0.05) is 12.6 Å². The summed E-state index contributed by atoms with van der Waals surface area (Å²) in [5.74, 6) is 0.00347. The second kappa shape index (κ2) is 4.88. The van der Waals surface area contributed by atoms with E-state index in [1.54, 1.807) is 4.90 Å². The van der Waals surface area contributed by atoms with E-state index < -0.39 is 0 Å². The van der Waals surface area contributed by atoms with Crippen LogP contribution in [0.1, 0.15) is 38.5 Å². The quantitative estimate of drug-likeness (QED) is 0.736. The minimum absolute atomic E-state index is 0.0236. The Kier molecular flexibility index (Phi) is 3.24. The molecule has 3 fully saturated rings. The molecule has 0 aromatic heterocycles. The Hall–Kier alpha value is -1.10. The van der Waals surface area contributed by atoms with Gasteiger partial charge in [-0.1, -0.05) is 12.8 Å².